The molecule has 2 rings (SSSR count). The van der Waals surface area contributed by atoms with E-state index in [1.807, 2.05) is 6.92 Å². The van der Waals surface area contributed by atoms with Crippen LogP contribution in [-0.4, -0.2) is 12.6 Å². The molecule has 5 heteroatoms. The zero-order chi connectivity index (χ0) is 15.2. The van der Waals surface area contributed by atoms with Gasteiger partial charge in [0.25, 0.3) is 0 Å². The molecule has 2 aromatic rings. The average molecular weight is 309 g/mol. The summed E-state index contributed by atoms with van der Waals surface area (Å²) in [5.41, 5.74) is 0.787. The van der Waals surface area contributed by atoms with Crippen LogP contribution in [0.2, 0.25) is 5.02 Å². The van der Waals surface area contributed by atoms with Crippen molar-refractivity contribution >= 4 is 17.6 Å². The summed E-state index contributed by atoms with van der Waals surface area (Å²) >= 11 is 5.83. The van der Waals surface area contributed by atoms with Crippen LogP contribution in [0.4, 0.5) is 4.39 Å². The summed E-state index contributed by atoms with van der Waals surface area (Å²) in [5, 5.41) is 0.590. The van der Waals surface area contributed by atoms with Gasteiger partial charge in [-0.15, -0.1) is 0 Å². The average Bonchev–Trinajstić information content (AvgIpc) is 2.44. The van der Waals surface area contributed by atoms with Gasteiger partial charge in [0.2, 0.25) is 0 Å². The zero-order valence-corrected chi connectivity index (χ0v) is 12.2. The Kier molecular flexibility index (Phi) is 5.17. The van der Waals surface area contributed by atoms with Gasteiger partial charge in [0.05, 0.1) is 13.0 Å². The second-order valence-electron chi connectivity index (χ2n) is 4.44. The molecule has 0 N–H and O–H groups in total. The number of aryl methyl sites for hydroxylation is 1. The van der Waals surface area contributed by atoms with Crippen molar-refractivity contribution in [3.05, 3.63) is 58.9 Å². The predicted octanol–water partition coefficient (Wildman–Crippen LogP) is 4.16. The molecule has 110 valence electrons. The lowest BCUT2D eigenvalue weighted by Crippen LogP contribution is -2.13. The first-order valence-corrected chi connectivity index (χ1v) is 6.77. The molecule has 0 heterocycles. The Balaban J connectivity index is 1.81. The third-order valence-electron chi connectivity index (χ3n) is 2.75. The number of halogens is 2. The van der Waals surface area contributed by atoms with Crippen LogP contribution in [0, 0.1) is 12.7 Å². The summed E-state index contributed by atoms with van der Waals surface area (Å²) in [4.78, 5) is 11.7. The molecule has 0 radical (unpaired) electrons. The molecular weight excluding hydrogens is 295 g/mol. The van der Waals surface area contributed by atoms with Gasteiger partial charge in [-0.05, 0) is 55.0 Å². The van der Waals surface area contributed by atoms with Crippen molar-refractivity contribution in [1.29, 1.82) is 0 Å². The lowest BCUT2D eigenvalue weighted by atomic mass is 10.2. The smallest absolute Gasteiger partial charge is 0.314 e. The second-order valence-corrected chi connectivity index (χ2v) is 4.87. The highest BCUT2D eigenvalue weighted by Gasteiger charge is 2.08. The molecule has 0 bridgehead atoms. The van der Waals surface area contributed by atoms with E-state index in [4.69, 9.17) is 21.1 Å². The Bertz CT molecular complexity index is 626. The first-order chi connectivity index (χ1) is 10.0. The highest BCUT2D eigenvalue weighted by Crippen LogP contribution is 2.22. The van der Waals surface area contributed by atoms with Crippen molar-refractivity contribution in [2.45, 2.75) is 13.3 Å². The highest BCUT2D eigenvalue weighted by atomic mass is 35.5. The summed E-state index contributed by atoms with van der Waals surface area (Å²) in [6.07, 6.45) is 0.0967. The third-order valence-corrected chi connectivity index (χ3v) is 2.98. The molecular formula is C16H14ClFO3. The van der Waals surface area contributed by atoms with Crippen LogP contribution in [0.5, 0.6) is 11.5 Å². The number of benzene rings is 2. The number of esters is 1. The van der Waals surface area contributed by atoms with Gasteiger partial charge in [-0.2, -0.15) is 0 Å². The van der Waals surface area contributed by atoms with Gasteiger partial charge in [0, 0.05) is 5.02 Å². The quantitative estimate of drug-likeness (QED) is 0.614. The lowest BCUT2D eigenvalue weighted by molar-refractivity contribution is -0.134. The SMILES string of the molecule is Cc1cc(Cl)ccc1OC(=O)CCOc1ccc(F)cc1. The Morgan fingerprint density at radius 2 is 1.90 bits per heavy atom. The molecule has 0 aliphatic rings. The fourth-order valence-corrected chi connectivity index (χ4v) is 1.91. The second kappa shape index (κ2) is 7.09. The van der Waals surface area contributed by atoms with Crippen molar-refractivity contribution in [2.75, 3.05) is 6.61 Å². The molecule has 2 aromatic carbocycles. The largest absolute Gasteiger partial charge is 0.493 e. The molecule has 0 atom stereocenters. The van der Waals surface area contributed by atoms with E-state index in [-0.39, 0.29) is 18.8 Å². The van der Waals surface area contributed by atoms with Crippen molar-refractivity contribution in [1.82, 2.24) is 0 Å². The van der Waals surface area contributed by atoms with Gasteiger partial charge in [-0.3, -0.25) is 4.79 Å². The summed E-state index contributed by atoms with van der Waals surface area (Å²) in [5.74, 6) is 0.251. The van der Waals surface area contributed by atoms with E-state index in [9.17, 15) is 9.18 Å². The molecule has 0 aliphatic carbocycles. The van der Waals surface area contributed by atoms with Crippen molar-refractivity contribution in [3.63, 3.8) is 0 Å². The summed E-state index contributed by atoms with van der Waals surface area (Å²) in [6, 6.07) is 10.6. The first-order valence-electron chi connectivity index (χ1n) is 6.40. The van der Waals surface area contributed by atoms with Gasteiger partial charge in [-0.1, -0.05) is 11.6 Å². The number of ether oxygens (including phenoxy) is 2. The molecule has 3 nitrogen and oxygen atoms in total. The van der Waals surface area contributed by atoms with E-state index in [2.05, 4.69) is 0 Å². The van der Waals surface area contributed by atoms with Crippen LogP contribution in [-0.2, 0) is 4.79 Å². The predicted molar refractivity (Wildman–Crippen MR) is 78.3 cm³/mol. The minimum Gasteiger partial charge on any atom is -0.493 e. The monoisotopic (exact) mass is 308 g/mol. The Morgan fingerprint density at radius 1 is 1.19 bits per heavy atom. The fraction of sp³-hybridized carbons (Fsp3) is 0.188. The van der Waals surface area contributed by atoms with Crippen LogP contribution in [0.15, 0.2) is 42.5 Å². The maximum absolute atomic E-state index is 12.7. The Morgan fingerprint density at radius 3 is 2.57 bits per heavy atom. The van der Waals surface area contributed by atoms with Gasteiger partial charge < -0.3 is 9.47 Å². The molecule has 0 saturated carbocycles. The van der Waals surface area contributed by atoms with Gasteiger partial charge in [-0.25, -0.2) is 4.39 Å². The molecule has 0 aromatic heterocycles. The molecule has 0 aliphatic heterocycles. The Labute approximate surface area is 127 Å². The van der Waals surface area contributed by atoms with Crippen LogP contribution >= 0.6 is 11.6 Å². The fourth-order valence-electron chi connectivity index (χ4n) is 1.68. The maximum Gasteiger partial charge on any atom is 0.314 e. The van der Waals surface area contributed by atoms with Crippen LogP contribution in [0.25, 0.3) is 0 Å². The molecule has 0 saturated heterocycles. The molecule has 0 amide bonds. The number of rotatable bonds is 5. The van der Waals surface area contributed by atoms with E-state index in [1.165, 1.54) is 24.3 Å². The highest BCUT2D eigenvalue weighted by molar-refractivity contribution is 6.30. The minimum absolute atomic E-state index is 0.0967. The van der Waals surface area contributed by atoms with Crippen molar-refractivity contribution < 1.29 is 18.7 Å². The third kappa shape index (κ3) is 4.76. The molecule has 0 spiro atoms. The topological polar surface area (TPSA) is 35.5 Å². The lowest BCUT2D eigenvalue weighted by Gasteiger charge is -2.08. The first kappa shape index (κ1) is 15.3. The van der Waals surface area contributed by atoms with Gasteiger partial charge in [0.15, 0.2) is 0 Å². The van der Waals surface area contributed by atoms with Crippen molar-refractivity contribution in [2.24, 2.45) is 0 Å². The number of carbonyl (C=O) groups is 1. The normalized spacial score (nSPS) is 10.2. The summed E-state index contributed by atoms with van der Waals surface area (Å²) < 4.78 is 23.3. The molecule has 0 fully saturated rings. The molecule has 21 heavy (non-hydrogen) atoms. The summed E-state index contributed by atoms with van der Waals surface area (Å²) in [6.45, 7) is 1.97. The van der Waals surface area contributed by atoms with E-state index in [0.29, 0.717) is 16.5 Å². The van der Waals surface area contributed by atoms with Gasteiger partial charge >= 0.3 is 5.97 Å². The number of hydrogen-bond acceptors (Lipinski definition) is 3. The van der Waals surface area contributed by atoms with Gasteiger partial charge in [0.1, 0.15) is 17.3 Å². The minimum atomic E-state index is -0.400. The maximum atomic E-state index is 12.7. The zero-order valence-electron chi connectivity index (χ0n) is 11.4. The van der Waals surface area contributed by atoms with Crippen LogP contribution in [0.1, 0.15) is 12.0 Å². The summed E-state index contributed by atoms with van der Waals surface area (Å²) in [7, 11) is 0. The standard InChI is InChI=1S/C16H14ClFO3/c1-11-10-12(17)2-7-15(11)21-16(19)8-9-20-14-5-3-13(18)4-6-14/h2-7,10H,8-9H2,1H3. The van der Waals surface area contributed by atoms with Crippen molar-refractivity contribution in [3.8, 4) is 11.5 Å². The molecule has 0 unspecified atom stereocenters. The number of hydrogen-bond donors (Lipinski definition) is 0. The van der Waals surface area contributed by atoms with Crippen LogP contribution in [0.3, 0.4) is 0 Å². The Hall–Kier alpha value is -2.07. The number of carbonyl (C=O) groups excluding carboxylic acids is 1. The van der Waals surface area contributed by atoms with Crippen LogP contribution < -0.4 is 9.47 Å². The van der Waals surface area contributed by atoms with E-state index >= 15 is 0 Å². The van der Waals surface area contributed by atoms with E-state index in [0.717, 1.165) is 5.56 Å². The van der Waals surface area contributed by atoms with E-state index < -0.39 is 5.97 Å². The van der Waals surface area contributed by atoms with E-state index in [1.54, 1.807) is 18.2 Å².